The first-order valence-electron chi connectivity index (χ1n) is 24.3. The van der Waals surface area contributed by atoms with Gasteiger partial charge in [0.25, 0.3) is 0 Å². The number of hydrogen-bond donors (Lipinski definition) is 0. The number of nitrogens with zero attached hydrogens (tertiary/aromatic N) is 1. The van der Waals surface area contributed by atoms with E-state index in [-0.39, 0.29) is 44.9 Å². The van der Waals surface area contributed by atoms with E-state index in [2.05, 4.69) is 25.3 Å². The molecule has 0 aliphatic carbocycles. The Hall–Kier alpha value is -8.06. The first-order chi connectivity index (χ1) is 36.1. The van der Waals surface area contributed by atoms with Gasteiger partial charge in [0.1, 0.15) is 0 Å². The molecule has 0 saturated heterocycles. The Kier molecular flexibility index (Phi) is 12.9. The van der Waals surface area contributed by atoms with E-state index in [1.807, 2.05) is 91.9 Å². The van der Waals surface area contributed by atoms with E-state index < -0.39 is 52.5 Å². The van der Waals surface area contributed by atoms with Gasteiger partial charge in [-0.2, -0.15) is 52.7 Å². The molecular weight excluding hydrogens is 1010 g/mol. The number of rotatable bonds is 7. The largest absolute Gasteiger partial charge is 0.417 e. The number of hydrogen-bond acceptors (Lipinski definition) is 0. The zero-order valence-corrected chi connectivity index (χ0v) is 41.8. The van der Waals surface area contributed by atoms with Crippen molar-refractivity contribution in [3.63, 3.8) is 0 Å². The molecule has 1 nitrogen and oxygen atoms in total. The van der Waals surface area contributed by atoms with Crippen molar-refractivity contribution in [2.45, 2.75) is 64.7 Å². The summed E-state index contributed by atoms with van der Waals surface area (Å²) in [6, 6.07) is 46.0. The van der Waals surface area contributed by atoms with Gasteiger partial charge in [-0.3, -0.25) is 0 Å². The number of para-hydroxylation sites is 1. The number of halogens is 12. The van der Waals surface area contributed by atoms with Crippen molar-refractivity contribution in [3.8, 4) is 72.4 Å². The minimum atomic E-state index is -5.19. The van der Waals surface area contributed by atoms with Crippen LogP contribution in [0.2, 0.25) is 0 Å². The molecule has 9 aromatic carbocycles. The summed E-state index contributed by atoms with van der Waals surface area (Å²) in [7, 11) is 0. The Labute approximate surface area is 435 Å². The van der Waals surface area contributed by atoms with Crippen LogP contribution in [-0.4, -0.2) is 4.57 Å². The van der Waals surface area contributed by atoms with Crippen molar-refractivity contribution in [1.82, 2.24) is 4.57 Å². The molecule has 0 N–H and O–H groups in total. The standard InChI is InChI=1S/C64H45F12N/c1-36-22-40(30-48(23-36)61(65,66)67)43-24-41(25-44(26-43)45-31-49(62(68,69)70)35-50(32-45)63(71,72)73)38-18-20-57-53(33-38)54-34-39(19-21-58(54)77(57)59-17-11-10-16-56(59)60(3,4)5)42-27-46(51-13-7-6-12-37(51)2)29-47(28-42)52-14-8-9-15-55(52)64(74,75)76/h6-35H,1-5H3. The van der Waals surface area contributed by atoms with Gasteiger partial charge in [0.05, 0.1) is 33.3 Å². The molecular formula is C64H45F12N. The van der Waals surface area contributed by atoms with Crippen molar-refractivity contribution in [2.24, 2.45) is 0 Å². The highest BCUT2D eigenvalue weighted by atomic mass is 19.4. The Bertz CT molecular complexity index is 3900. The maximum Gasteiger partial charge on any atom is 0.417 e. The molecule has 0 fully saturated rings. The van der Waals surface area contributed by atoms with Crippen LogP contribution in [0.1, 0.15) is 59.7 Å². The van der Waals surface area contributed by atoms with Crippen LogP contribution in [-0.2, 0) is 30.1 Å². The van der Waals surface area contributed by atoms with Gasteiger partial charge in [-0.25, -0.2) is 0 Å². The van der Waals surface area contributed by atoms with E-state index in [1.165, 1.54) is 37.3 Å². The average molecular weight is 1060 g/mol. The fraction of sp³-hybridized carbons (Fsp3) is 0.156. The van der Waals surface area contributed by atoms with Crippen LogP contribution in [0.3, 0.4) is 0 Å². The first kappa shape index (κ1) is 52.4. The van der Waals surface area contributed by atoms with Gasteiger partial charge >= 0.3 is 24.7 Å². The van der Waals surface area contributed by atoms with Gasteiger partial charge in [0.2, 0.25) is 0 Å². The third-order valence-corrected chi connectivity index (χ3v) is 13.9. The predicted molar refractivity (Wildman–Crippen MR) is 282 cm³/mol. The van der Waals surface area contributed by atoms with E-state index in [1.54, 1.807) is 30.3 Å². The lowest BCUT2D eigenvalue weighted by Crippen LogP contribution is -2.15. The van der Waals surface area contributed by atoms with Crippen LogP contribution in [0, 0.1) is 13.8 Å². The Balaban J connectivity index is 1.26. The summed E-state index contributed by atoms with van der Waals surface area (Å²) in [5, 5.41) is 1.32. The lowest BCUT2D eigenvalue weighted by Gasteiger charge is -2.24. The number of fused-ring (bicyclic) bond motifs is 3. The monoisotopic (exact) mass is 1060 g/mol. The van der Waals surface area contributed by atoms with Crippen molar-refractivity contribution in [3.05, 3.63) is 221 Å². The Morgan fingerprint density at radius 2 is 0.701 bits per heavy atom. The average Bonchev–Trinajstić information content (AvgIpc) is 3.77. The van der Waals surface area contributed by atoms with Gasteiger partial charge < -0.3 is 4.57 Å². The van der Waals surface area contributed by atoms with Gasteiger partial charge in [-0.05, 0) is 206 Å². The molecule has 10 rings (SSSR count). The highest BCUT2D eigenvalue weighted by molar-refractivity contribution is 6.12. The predicted octanol–water partition coefficient (Wildman–Crippen LogP) is 20.8. The number of benzene rings is 9. The minimum Gasteiger partial charge on any atom is -0.309 e. The third kappa shape index (κ3) is 10.4. The topological polar surface area (TPSA) is 4.93 Å². The molecule has 0 spiro atoms. The molecule has 390 valence electrons. The molecule has 77 heavy (non-hydrogen) atoms. The van der Waals surface area contributed by atoms with E-state index in [4.69, 9.17) is 0 Å². The summed E-state index contributed by atoms with van der Waals surface area (Å²) < 4.78 is 175. The van der Waals surface area contributed by atoms with Gasteiger partial charge in [-0.15, -0.1) is 0 Å². The molecule has 0 aliphatic heterocycles. The smallest absolute Gasteiger partial charge is 0.309 e. The van der Waals surface area contributed by atoms with Gasteiger partial charge in [0.15, 0.2) is 0 Å². The second-order valence-corrected chi connectivity index (χ2v) is 20.4. The van der Waals surface area contributed by atoms with Crippen molar-refractivity contribution < 1.29 is 52.7 Å². The molecule has 0 unspecified atom stereocenters. The molecule has 0 saturated carbocycles. The first-order valence-corrected chi connectivity index (χ1v) is 24.3. The minimum absolute atomic E-state index is 0.0144. The van der Waals surface area contributed by atoms with E-state index >= 15 is 0 Å². The molecule has 13 heteroatoms. The summed E-state index contributed by atoms with van der Waals surface area (Å²) in [6.07, 6.45) is -19.8. The van der Waals surface area contributed by atoms with E-state index in [9.17, 15) is 52.7 Å². The fourth-order valence-electron chi connectivity index (χ4n) is 10.3. The van der Waals surface area contributed by atoms with Crippen LogP contribution in [0.15, 0.2) is 182 Å². The number of alkyl halides is 12. The molecule has 1 aromatic heterocycles. The Morgan fingerprint density at radius 3 is 1.19 bits per heavy atom. The number of aryl methyl sites for hydroxylation is 2. The van der Waals surface area contributed by atoms with Crippen molar-refractivity contribution in [1.29, 1.82) is 0 Å². The molecule has 0 radical (unpaired) electrons. The lowest BCUT2D eigenvalue weighted by atomic mass is 9.85. The van der Waals surface area contributed by atoms with Crippen LogP contribution in [0.25, 0.3) is 94.3 Å². The molecule has 10 aromatic rings. The highest BCUT2D eigenvalue weighted by Gasteiger charge is 2.38. The summed E-state index contributed by atoms with van der Waals surface area (Å²) in [6.45, 7) is 9.58. The van der Waals surface area contributed by atoms with Crippen molar-refractivity contribution in [2.75, 3.05) is 0 Å². The summed E-state index contributed by atoms with van der Waals surface area (Å²) in [4.78, 5) is 0. The van der Waals surface area contributed by atoms with Gasteiger partial charge in [-0.1, -0.05) is 99.6 Å². The van der Waals surface area contributed by atoms with E-state index in [0.29, 0.717) is 56.2 Å². The number of aromatic nitrogens is 1. The normalized spacial score (nSPS) is 12.7. The second-order valence-electron chi connectivity index (χ2n) is 20.4. The molecule has 0 atom stereocenters. The second kappa shape index (κ2) is 18.9. The van der Waals surface area contributed by atoms with Gasteiger partial charge in [0, 0.05) is 16.5 Å². The van der Waals surface area contributed by atoms with Crippen LogP contribution in [0.4, 0.5) is 52.7 Å². The van der Waals surface area contributed by atoms with E-state index in [0.717, 1.165) is 46.1 Å². The molecule has 0 aliphatic rings. The van der Waals surface area contributed by atoms with Crippen LogP contribution in [0.5, 0.6) is 0 Å². The SMILES string of the molecule is Cc1cc(-c2cc(-c3cc(C(F)(F)F)cc(C(F)(F)F)c3)cc(-c3ccc4c(c3)c3cc(-c5cc(-c6ccccc6C)cc(-c6ccccc6C(F)(F)F)c5)ccc3n4-c3ccccc3C(C)(C)C)c2)cc(C(F)(F)F)c1. The maximum absolute atomic E-state index is 14.7. The zero-order valence-electron chi connectivity index (χ0n) is 41.8. The molecule has 0 amide bonds. The molecule has 1 heterocycles. The Morgan fingerprint density at radius 1 is 0.312 bits per heavy atom. The fourth-order valence-corrected chi connectivity index (χ4v) is 10.3. The van der Waals surface area contributed by atoms with Crippen LogP contribution < -0.4 is 0 Å². The summed E-state index contributed by atoms with van der Waals surface area (Å²) in [5.74, 6) is 0. The lowest BCUT2D eigenvalue weighted by molar-refractivity contribution is -0.143. The highest BCUT2D eigenvalue weighted by Crippen LogP contribution is 2.46. The zero-order chi connectivity index (χ0) is 55.1. The van der Waals surface area contributed by atoms with Crippen molar-refractivity contribution >= 4 is 21.8 Å². The summed E-state index contributed by atoms with van der Waals surface area (Å²) in [5.41, 5.74) is 2.31. The summed E-state index contributed by atoms with van der Waals surface area (Å²) >= 11 is 0. The van der Waals surface area contributed by atoms with Crippen LogP contribution >= 0.6 is 0 Å². The quantitative estimate of drug-likeness (QED) is 0.140. The molecule has 0 bridgehead atoms. The third-order valence-electron chi connectivity index (χ3n) is 13.9. The maximum atomic E-state index is 14.7.